The molecule has 6 heteroatoms. The van der Waals surface area contributed by atoms with Crippen LogP contribution in [0, 0.1) is 0 Å². The predicted octanol–water partition coefficient (Wildman–Crippen LogP) is 3.98. The van der Waals surface area contributed by atoms with Crippen molar-refractivity contribution in [2.24, 2.45) is 4.99 Å². The van der Waals surface area contributed by atoms with Crippen LogP contribution in [0.25, 0.3) is 0 Å². The first-order valence-electron chi connectivity index (χ1n) is 9.93. The predicted molar refractivity (Wildman–Crippen MR) is 118 cm³/mol. The number of hydrogen-bond acceptors (Lipinski definition) is 2. The van der Waals surface area contributed by atoms with Crippen molar-refractivity contribution >= 4 is 17.6 Å². The Morgan fingerprint density at radius 1 is 1.14 bits per heavy atom. The largest absolute Gasteiger partial charge is 0.356 e. The van der Waals surface area contributed by atoms with Gasteiger partial charge in [0.15, 0.2) is 5.96 Å². The lowest BCUT2D eigenvalue weighted by Crippen LogP contribution is -2.41. The number of halogens is 1. The van der Waals surface area contributed by atoms with Gasteiger partial charge in [-0.05, 0) is 36.1 Å². The lowest BCUT2D eigenvalue weighted by atomic mass is 9.96. The highest BCUT2D eigenvalue weighted by molar-refractivity contribution is 6.30. The highest BCUT2D eigenvalue weighted by atomic mass is 35.5. The molecule has 0 saturated heterocycles. The smallest absolute Gasteiger partial charge is 0.191 e. The molecular formula is C23H26ClN5. The van der Waals surface area contributed by atoms with Crippen LogP contribution in [0.5, 0.6) is 0 Å². The molecule has 1 aliphatic rings. The van der Waals surface area contributed by atoms with Crippen molar-refractivity contribution in [3.63, 3.8) is 0 Å². The van der Waals surface area contributed by atoms with Crippen molar-refractivity contribution < 1.29 is 0 Å². The summed E-state index contributed by atoms with van der Waals surface area (Å²) in [6.45, 7) is 2.26. The lowest BCUT2D eigenvalue weighted by Gasteiger charge is -2.19. The van der Waals surface area contributed by atoms with E-state index in [0.29, 0.717) is 6.54 Å². The Kier molecular flexibility index (Phi) is 5.86. The monoisotopic (exact) mass is 407 g/mol. The second-order valence-electron chi connectivity index (χ2n) is 7.53. The Hall–Kier alpha value is -2.79. The van der Waals surface area contributed by atoms with Crippen LogP contribution in [-0.4, -0.2) is 29.1 Å². The van der Waals surface area contributed by atoms with Gasteiger partial charge < -0.3 is 15.2 Å². The normalized spacial score (nSPS) is 15.2. The van der Waals surface area contributed by atoms with Gasteiger partial charge in [-0.2, -0.15) is 0 Å². The maximum atomic E-state index is 6.18. The molecule has 2 N–H and O–H groups in total. The molecule has 29 heavy (non-hydrogen) atoms. The zero-order chi connectivity index (χ0) is 20.1. The topological polar surface area (TPSA) is 54.2 Å². The van der Waals surface area contributed by atoms with Gasteiger partial charge in [0.2, 0.25) is 0 Å². The van der Waals surface area contributed by atoms with Gasteiger partial charge in [0.05, 0.1) is 6.54 Å². The van der Waals surface area contributed by atoms with Crippen LogP contribution in [0.15, 0.2) is 72.0 Å². The van der Waals surface area contributed by atoms with E-state index in [9.17, 15) is 0 Å². The zero-order valence-corrected chi connectivity index (χ0v) is 17.4. The van der Waals surface area contributed by atoms with Crippen molar-refractivity contribution in [2.75, 3.05) is 13.6 Å². The third-order valence-electron chi connectivity index (χ3n) is 5.52. The van der Waals surface area contributed by atoms with Gasteiger partial charge in [-0.25, -0.2) is 4.98 Å². The van der Waals surface area contributed by atoms with E-state index in [0.717, 1.165) is 29.9 Å². The molecular weight excluding hydrogens is 382 g/mol. The summed E-state index contributed by atoms with van der Waals surface area (Å²) in [6.07, 6.45) is 6.19. The quantitative estimate of drug-likeness (QED) is 0.460. The van der Waals surface area contributed by atoms with E-state index in [1.54, 1.807) is 7.05 Å². The second-order valence-corrected chi connectivity index (χ2v) is 7.96. The van der Waals surface area contributed by atoms with Gasteiger partial charge in [0.25, 0.3) is 0 Å². The summed E-state index contributed by atoms with van der Waals surface area (Å²) in [5.41, 5.74) is 2.71. The number of aliphatic imine (C=N–C) groups is 1. The first-order chi connectivity index (χ1) is 14.2. The molecule has 0 unspecified atom stereocenters. The van der Waals surface area contributed by atoms with E-state index in [1.807, 2.05) is 30.6 Å². The molecule has 3 aromatic rings. The van der Waals surface area contributed by atoms with E-state index in [2.05, 4.69) is 61.6 Å². The van der Waals surface area contributed by atoms with Crippen molar-refractivity contribution in [1.82, 2.24) is 20.2 Å². The van der Waals surface area contributed by atoms with Crippen LogP contribution >= 0.6 is 11.6 Å². The average Bonchev–Trinajstić information content (AvgIpc) is 3.42. The summed E-state index contributed by atoms with van der Waals surface area (Å²) in [7, 11) is 1.80. The molecule has 1 aliphatic carbocycles. The number of imidazole rings is 1. The van der Waals surface area contributed by atoms with E-state index in [4.69, 9.17) is 11.6 Å². The molecule has 4 rings (SSSR count). The van der Waals surface area contributed by atoms with Gasteiger partial charge in [-0.1, -0.05) is 54.1 Å². The van der Waals surface area contributed by atoms with Crippen LogP contribution in [0.2, 0.25) is 5.02 Å². The van der Waals surface area contributed by atoms with Gasteiger partial charge in [-0.3, -0.25) is 4.99 Å². The van der Waals surface area contributed by atoms with E-state index in [1.165, 1.54) is 24.0 Å². The molecule has 1 fully saturated rings. The van der Waals surface area contributed by atoms with Gasteiger partial charge in [0, 0.05) is 43.0 Å². The summed E-state index contributed by atoms with van der Waals surface area (Å²) in [4.78, 5) is 8.87. The molecule has 0 aliphatic heterocycles. The number of nitrogens with one attached hydrogen (secondary N) is 2. The van der Waals surface area contributed by atoms with Gasteiger partial charge >= 0.3 is 0 Å². The second kappa shape index (κ2) is 8.70. The SMILES string of the molecule is CN=C(NCc1nccn1Cc1ccccc1)NCC1(c2cccc(Cl)c2)CC1. The summed E-state index contributed by atoms with van der Waals surface area (Å²) in [5.74, 6) is 1.76. The van der Waals surface area contributed by atoms with Crippen LogP contribution in [-0.2, 0) is 18.5 Å². The molecule has 2 aromatic carbocycles. The summed E-state index contributed by atoms with van der Waals surface area (Å²) in [6, 6.07) is 18.6. The van der Waals surface area contributed by atoms with Crippen LogP contribution in [0.1, 0.15) is 29.8 Å². The summed E-state index contributed by atoms with van der Waals surface area (Å²) in [5, 5.41) is 7.66. The van der Waals surface area contributed by atoms with Crippen molar-refractivity contribution in [1.29, 1.82) is 0 Å². The van der Waals surface area contributed by atoms with Crippen LogP contribution in [0.3, 0.4) is 0 Å². The molecule has 0 bridgehead atoms. The Bertz CT molecular complexity index is 976. The van der Waals surface area contributed by atoms with E-state index < -0.39 is 0 Å². The van der Waals surface area contributed by atoms with Crippen LogP contribution in [0.4, 0.5) is 0 Å². The summed E-state index contributed by atoms with van der Waals surface area (Å²) < 4.78 is 2.16. The molecule has 0 amide bonds. The minimum atomic E-state index is 0.161. The van der Waals surface area contributed by atoms with E-state index >= 15 is 0 Å². The maximum absolute atomic E-state index is 6.18. The third-order valence-corrected chi connectivity index (χ3v) is 5.75. The fraction of sp³-hybridized carbons (Fsp3) is 0.304. The highest BCUT2D eigenvalue weighted by Gasteiger charge is 2.44. The van der Waals surface area contributed by atoms with E-state index in [-0.39, 0.29) is 5.41 Å². The average molecular weight is 408 g/mol. The summed E-state index contributed by atoms with van der Waals surface area (Å²) >= 11 is 6.18. The standard InChI is InChI=1S/C23H26ClN5/c1-25-22(28-17-23(10-11-23)19-8-5-9-20(24)14-19)27-15-21-26-12-13-29(21)16-18-6-3-2-4-7-18/h2-9,12-14H,10-11,15-17H2,1H3,(H2,25,27,28). The number of nitrogens with zero attached hydrogens (tertiary/aromatic N) is 3. The Labute approximate surface area is 176 Å². The molecule has 1 heterocycles. The first-order valence-corrected chi connectivity index (χ1v) is 10.3. The fourth-order valence-corrected chi connectivity index (χ4v) is 3.79. The minimum absolute atomic E-state index is 0.161. The Balaban J connectivity index is 1.33. The Morgan fingerprint density at radius 3 is 2.69 bits per heavy atom. The number of rotatable bonds is 7. The minimum Gasteiger partial charge on any atom is -0.356 e. The van der Waals surface area contributed by atoms with Gasteiger partial charge in [0.1, 0.15) is 5.82 Å². The maximum Gasteiger partial charge on any atom is 0.191 e. The number of aromatic nitrogens is 2. The lowest BCUT2D eigenvalue weighted by molar-refractivity contribution is 0.636. The highest BCUT2D eigenvalue weighted by Crippen LogP contribution is 2.48. The van der Waals surface area contributed by atoms with Crippen molar-refractivity contribution in [3.8, 4) is 0 Å². The number of benzene rings is 2. The third kappa shape index (κ3) is 4.80. The molecule has 5 nitrogen and oxygen atoms in total. The number of hydrogen-bond donors (Lipinski definition) is 2. The van der Waals surface area contributed by atoms with Crippen molar-refractivity contribution in [3.05, 3.63) is 89.0 Å². The molecule has 150 valence electrons. The first kappa shape index (κ1) is 19.5. The Morgan fingerprint density at radius 2 is 1.97 bits per heavy atom. The fourth-order valence-electron chi connectivity index (χ4n) is 3.60. The zero-order valence-electron chi connectivity index (χ0n) is 16.6. The van der Waals surface area contributed by atoms with Crippen molar-refractivity contribution in [2.45, 2.75) is 31.3 Å². The molecule has 0 radical (unpaired) electrons. The van der Waals surface area contributed by atoms with Gasteiger partial charge in [-0.15, -0.1) is 0 Å². The molecule has 1 saturated carbocycles. The molecule has 0 spiro atoms. The van der Waals surface area contributed by atoms with Crippen LogP contribution < -0.4 is 10.6 Å². The molecule has 1 aromatic heterocycles. The number of guanidine groups is 1. The molecule has 0 atom stereocenters.